The van der Waals surface area contributed by atoms with Gasteiger partial charge in [0, 0.05) is 0 Å². The lowest BCUT2D eigenvalue weighted by molar-refractivity contribution is 0.537. The lowest BCUT2D eigenvalue weighted by Crippen LogP contribution is -2.32. The van der Waals surface area contributed by atoms with Gasteiger partial charge in [0.1, 0.15) is 0 Å². The van der Waals surface area contributed by atoms with Gasteiger partial charge >= 0.3 is 0 Å². The second-order valence-corrected chi connectivity index (χ2v) is 28.8. The summed E-state index contributed by atoms with van der Waals surface area (Å²) >= 11 is 0. The molecule has 0 nitrogen and oxygen atoms in total. The van der Waals surface area contributed by atoms with E-state index in [2.05, 4.69) is 340 Å². The topological polar surface area (TPSA) is 0 Å². The van der Waals surface area contributed by atoms with E-state index in [1.807, 2.05) is 0 Å². The zero-order valence-corrected chi connectivity index (χ0v) is 48.3. The summed E-state index contributed by atoms with van der Waals surface area (Å²) in [5, 5.41) is 16.5. The van der Waals surface area contributed by atoms with E-state index in [0.29, 0.717) is 0 Å². The summed E-state index contributed by atoms with van der Waals surface area (Å²) in [6.07, 6.45) is 1.67. The molecular formula is C76H62P4. The fraction of sp³-hybridized carbons (Fsp3) is 0.0526. The van der Waals surface area contributed by atoms with Crippen LogP contribution in [0.3, 0.4) is 0 Å². The smallest absolute Gasteiger partial charge is 0.00424 e. The van der Waals surface area contributed by atoms with Crippen LogP contribution in [0.5, 0.6) is 0 Å². The van der Waals surface area contributed by atoms with Gasteiger partial charge in [0.05, 0.1) is 0 Å². The van der Waals surface area contributed by atoms with Crippen molar-refractivity contribution in [2.75, 3.05) is 0 Å². The average Bonchev–Trinajstić information content (AvgIpc) is 3.67. The van der Waals surface area contributed by atoms with Crippen LogP contribution in [0.4, 0.5) is 0 Å². The van der Waals surface area contributed by atoms with Gasteiger partial charge in [0.2, 0.25) is 0 Å². The van der Waals surface area contributed by atoms with Crippen molar-refractivity contribution in [3.63, 3.8) is 0 Å². The largest absolute Gasteiger partial charge is 0.0622 e. The van der Waals surface area contributed by atoms with Gasteiger partial charge in [-0.2, -0.15) is 0 Å². The van der Waals surface area contributed by atoms with E-state index >= 15 is 0 Å². The summed E-state index contributed by atoms with van der Waals surface area (Å²) < 4.78 is 0. The van der Waals surface area contributed by atoms with Crippen LogP contribution in [0, 0.1) is 0 Å². The van der Waals surface area contributed by atoms with Gasteiger partial charge in [-0.05, 0) is 142 Å². The van der Waals surface area contributed by atoms with Crippen molar-refractivity contribution in [3.05, 3.63) is 362 Å². The molecule has 80 heavy (non-hydrogen) atoms. The van der Waals surface area contributed by atoms with Crippen LogP contribution in [0.2, 0.25) is 0 Å². The maximum Gasteiger partial charge on any atom is -0.00424 e. The molecule has 0 N–H and O–H groups in total. The molecule has 0 saturated heterocycles. The molecule has 4 heteroatoms. The van der Waals surface area contributed by atoms with E-state index in [9.17, 15) is 0 Å². The third-order valence-electron chi connectivity index (χ3n) is 15.1. The number of benzene rings is 12. The Morgan fingerprint density at radius 1 is 0.175 bits per heavy atom. The normalized spacial score (nSPS) is 12.2. The lowest BCUT2D eigenvalue weighted by atomic mass is 9.75. The molecule has 0 heterocycles. The maximum absolute atomic E-state index is 2.51. The van der Waals surface area contributed by atoms with Crippen LogP contribution in [0.25, 0.3) is 0 Å². The van der Waals surface area contributed by atoms with Crippen LogP contribution in [-0.2, 0) is 12.8 Å². The Morgan fingerprint density at radius 3 is 0.588 bits per heavy atom. The van der Waals surface area contributed by atoms with Gasteiger partial charge in [0.25, 0.3) is 0 Å². The zero-order valence-electron chi connectivity index (χ0n) is 44.7. The van der Waals surface area contributed by atoms with Crippen molar-refractivity contribution < 1.29 is 0 Å². The van der Waals surface area contributed by atoms with E-state index in [0.717, 1.165) is 12.8 Å². The summed E-state index contributed by atoms with van der Waals surface area (Å²) in [4.78, 5) is 0. The van der Waals surface area contributed by atoms with Gasteiger partial charge in [0.15, 0.2) is 0 Å². The van der Waals surface area contributed by atoms with Crippen LogP contribution in [0.1, 0.15) is 34.1 Å². The van der Waals surface area contributed by atoms with Crippen molar-refractivity contribution in [3.8, 4) is 0 Å². The Balaban J connectivity index is 1.15. The minimum Gasteiger partial charge on any atom is -0.0622 e. The molecule has 0 radical (unpaired) electrons. The highest BCUT2D eigenvalue weighted by Crippen LogP contribution is 2.47. The van der Waals surface area contributed by atoms with Crippen molar-refractivity contribution in [2.24, 2.45) is 0 Å². The molecule has 0 aliphatic carbocycles. The van der Waals surface area contributed by atoms with Crippen molar-refractivity contribution >= 4 is 95.3 Å². The van der Waals surface area contributed by atoms with Gasteiger partial charge in [-0.15, -0.1) is 0 Å². The summed E-state index contributed by atoms with van der Waals surface area (Å²) in [7, 11) is -3.78. The molecule has 12 rings (SSSR count). The van der Waals surface area contributed by atoms with Crippen LogP contribution >= 0.6 is 31.7 Å². The van der Waals surface area contributed by atoms with Crippen molar-refractivity contribution in [1.82, 2.24) is 0 Å². The third kappa shape index (κ3) is 11.9. The third-order valence-corrected chi connectivity index (χ3v) is 25.2. The molecule has 0 spiro atoms. The van der Waals surface area contributed by atoms with Crippen molar-refractivity contribution in [2.45, 2.75) is 24.7 Å². The van der Waals surface area contributed by atoms with E-state index in [1.165, 1.54) is 85.9 Å². The van der Waals surface area contributed by atoms with Crippen LogP contribution in [-0.4, -0.2) is 0 Å². The molecule has 0 aliphatic heterocycles. The molecule has 2 atom stereocenters. The SMILES string of the molecule is c1ccc(P(c2ccccc2)c2ccccc2CC(c2ccccc2P(c2ccccc2)c2ccccc2)C(Cc2ccccc2P(c2ccccc2)c2ccccc2)c2ccccc2P(c2ccccc2)c2ccccc2)cc1. The maximum atomic E-state index is 2.51. The van der Waals surface area contributed by atoms with E-state index in [4.69, 9.17) is 0 Å². The van der Waals surface area contributed by atoms with Crippen LogP contribution < -0.4 is 63.7 Å². The Kier molecular flexibility index (Phi) is 17.3. The van der Waals surface area contributed by atoms with Crippen LogP contribution in [0.15, 0.2) is 340 Å². The Bertz CT molecular complexity index is 3430. The molecule has 0 amide bonds. The molecule has 0 aromatic heterocycles. The van der Waals surface area contributed by atoms with E-state index < -0.39 is 31.7 Å². The summed E-state index contributed by atoms with van der Waals surface area (Å²) in [5.74, 6) is 0.0379. The average molecular weight is 1100 g/mol. The first kappa shape index (κ1) is 53.0. The number of hydrogen-bond donors (Lipinski definition) is 0. The van der Waals surface area contributed by atoms with Crippen molar-refractivity contribution in [1.29, 1.82) is 0 Å². The monoisotopic (exact) mass is 1100 g/mol. The second-order valence-electron chi connectivity index (χ2n) is 20.0. The molecule has 12 aromatic carbocycles. The first-order valence-corrected chi connectivity index (χ1v) is 33.1. The fourth-order valence-corrected chi connectivity index (χ4v) is 21.6. The van der Waals surface area contributed by atoms with Gasteiger partial charge in [-0.1, -0.05) is 340 Å². The highest BCUT2D eigenvalue weighted by molar-refractivity contribution is 7.81. The second kappa shape index (κ2) is 26.1. The van der Waals surface area contributed by atoms with E-state index in [-0.39, 0.29) is 11.8 Å². The highest BCUT2D eigenvalue weighted by Gasteiger charge is 2.35. The minimum atomic E-state index is -0.977. The summed E-state index contributed by atoms with van der Waals surface area (Å²) in [5.41, 5.74) is 5.63. The fourth-order valence-electron chi connectivity index (χ4n) is 11.5. The zero-order chi connectivity index (χ0) is 53.7. The lowest BCUT2D eigenvalue weighted by Gasteiger charge is -2.36. The quantitative estimate of drug-likeness (QED) is 0.0708. The number of rotatable bonds is 19. The van der Waals surface area contributed by atoms with Gasteiger partial charge in [-0.25, -0.2) is 0 Å². The predicted molar refractivity (Wildman–Crippen MR) is 353 cm³/mol. The molecule has 0 aliphatic rings. The van der Waals surface area contributed by atoms with E-state index in [1.54, 1.807) is 0 Å². The predicted octanol–water partition coefficient (Wildman–Crippen LogP) is 14.1. The first-order chi connectivity index (χ1) is 39.8. The highest BCUT2D eigenvalue weighted by atomic mass is 31.1. The standard InChI is InChI=1S/C76H62P4/c1-9-35-61(36-10-1)77(62-37-11-2-12-38-62)73-53-29-25-33-59(73)57-71(69-51-27-31-55-75(69)79(65-43-17-5-18-44-65)66-45-19-6-20-46-66)72(70-52-28-32-56-76(70)80(67-47-21-7-22-48-67)68-49-23-8-24-50-68)58-60-34-26-30-54-74(60)78(63-39-13-3-14-40-63)64-41-15-4-16-42-64/h1-56,71-72H,57-58H2. The number of hydrogen-bond acceptors (Lipinski definition) is 0. The molecule has 12 aromatic rings. The summed E-state index contributed by atoms with van der Waals surface area (Å²) in [6.45, 7) is 0. The van der Waals surface area contributed by atoms with Gasteiger partial charge in [-0.3, -0.25) is 0 Å². The minimum absolute atomic E-state index is 0.0189. The molecule has 2 unspecified atom stereocenters. The first-order valence-electron chi connectivity index (χ1n) is 27.7. The van der Waals surface area contributed by atoms with Gasteiger partial charge < -0.3 is 0 Å². The Morgan fingerprint density at radius 2 is 0.350 bits per heavy atom. The molecule has 0 fully saturated rings. The Hall–Kier alpha value is -7.64. The molecule has 0 bridgehead atoms. The molecule has 386 valence electrons. The molecule has 0 saturated carbocycles. The summed E-state index contributed by atoms with van der Waals surface area (Å²) in [6, 6.07) is 129. The molecular weight excluding hydrogens is 1040 g/mol. The Labute approximate surface area is 479 Å².